The Labute approximate surface area is 169 Å². The molecule has 1 N–H and O–H groups in total. The van der Waals surface area contributed by atoms with E-state index < -0.39 is 17.5 Å². The molecule has 0 unspecified atom stereocenters. The molecule has 2 aromatic rings. The topological polar surface area (TPSA) is 50.8 Å². The van der Waals surface area contributed by atoms with Crippen molar-refractivity contribution < 1.29 is 23.0 Å². The van der Waals surface area contributed by atoms with E-state index in [1.54, 1.807) is 0 Å². The minimum Gasteiger partial charge on any atom is -0.492 e. The van der Waals surface area contributed by atoms with Gasteiger partial charge in [-0.1, -0.05) is 12.1 Å². The Bertz CT molecular complexity index is 805. The molecule has 0 radical (unpaired) electrons. The van der Waals surface area contributed by atoms with Gasteiger partial charge in [-0.15, -0.1) is 0 Å². The van der Waals surface area contributed by atoms with Crippen molar-refractivity contribution in [3.8, 4) is 5.75 Å². The molecular formula is C22H26F2N2O3. The lowest BCUT2D eigenvalue weighted by atomic mass is 10.1. The summed E-state index contributed by atoms with van der Waals surface area (Å²) in [5.41, 5.74) is 0.788. The van der Waals surface area contributed by atoms with Crippen LogP contribution in [0.1, 0.15) is 28.8 Å². The summed E-state index contributed by atoms with van der Waals surface area (Å²) >= 11 is 0. The molecule has 29 heavy (non-hydrogen) atoms. The fourth-order valence-corrected chi connectivity index (χ4v) is 3.33. The first-order valence-electron chi connectivity index (χ1n) is 9.75. The van der Waals surface area contributed by atoms with Gasteiger partial charge in [-0.05, 0) is 49.7 Å². The number of carbonyl (C=O) groups is 1. The molecule has 5 nitrogen and oxygen atoms in total. The minimum atomic E-state index is -0.781. The smallest absolute Gasteiger partial charge is 0.251 e. The number of benzene rings is 2. The Morgan fingerprint density at radius 1 is 1.17 bits per heavy atom. The van der Waals surface area contributed by atoms with Crippen LogP contribution in [0.25, 0.3) is 0 Å². The van der Waals surface area contributed by atoms with Crippen molar-refractivity contribution in [1.82, 2.24) is 10.2 Å². The van der Waals surface area contributed by atoms with Crippen molar-refractivity contribution >= 4 is 5.91 Å². The van der Waals surface area contributed by atoms with Gasteiger partial charge in [0.1, 0.15) is 24.0 Å². The Morgan fingerprint density at radius 3 is 2.62 bits per heavy atom. The molecule has 1 aliphatic heterocycles. The number of nitrogens with zero attached hydrogens (tertiary/aromatic N) is 1. The average molecular weight is 404 g/mol. The first-order chi connectivity index (χ1) is 14.0. The lowest BCUT2D eigenvalue weighted by Crippen LogP contribution is -2.38. The summed E-state index contributed by atoms with van der Waals surface area (Å²) in [6.45, 7) is 3.23. The summed E-state index contributed by atoms with van der Waals surface area (Å²) in [4.78, 5) is 14.4. The zero-order valence-electron chi connectivity index (χ0n) is 16.5. The highest BCUT2D eigenvalue weighted by Gasteiger charge is 2.18. The molecule has 0 saturated carbocycles. The maximum Gasteiger partial charge on any atom is 0.251 e. The fraction of sp³-hybridized carbons (Fsp3) is 0.409. The number of rotatable bonds is 8. The summed E-state index contributed by atoms with van der Waals surface area (Å²) in [5.74, 6) is -1.38. The second kappa shape index (κ2) is 10.3. The summed E-state index contributed by atoms with van der Waals surface area (Å²) < 4.78 is 37.7. The Morgan fingerprint density at radius 2 is 1.90 bits per heavy atom. The van der Waals surface area contributed by atoms with Gasteiger partial charge in [-0.3, -0.25) is 9.69 Å². The standard InChI is InChI=1S/C22H26F2N2O3/c1-26(20-5-8-28-9-6-20)7-10-29-21-4-2-3-16(11-21)15-25-22(27)17-12-18(23)14-19(24)13-17/h2-4,11-14,20H,5-10,15H2,1H3,(H,25,27). The third-order valence-electron chi connectivity index (χ3n) is 5.00. The molecule has 7 heteroatoms. The number of ether oxygens (including phenoxy) is 2. The second-order valence-electron chi connectivity index (χ2n) is 7.16. The molecule has 0 bridgehead atoms. The third kappa shape index (κ3) is 6.51. The number of hydrogen-bond donors (Lipinski definition) is 1. The van der Waals surface area contributed by atoms with E-state index >= 15 is 0 Å². The van der Waals surface area contributed by atoms with E-state index in [0.717, 1.165) is 56.4 Å². The summed E-state index contributed by atoms with van der Waals surface area (Å²) in [5, 5.41) is 2.67. The van der Waals surface area contributed by atoms with E-state index in [1.165, 1.54) is 0 Å². The number of halogens is 2. The Kier molecular flexibility index (Phi) is 7.55. The molecule has 1 saturated heterocycles. The quantitative estimate of drug-likeness (QED) is 0.733. The average Bonchev–Trinajstić information content (AvgIpc) is 2.72. The van der Waals surface area contributed by atoms with Crippen LogP contribution in [0.3, 0.4) is 0 Å². The molecule has 0 atom stereocenters. The van der Waals surface area contributed by atoms with Crippen molar-refractivity contribution in [1.29, 1.82) is 0 Å². The Hall–Kier alpha value is -2.51. The highest BCUT2D eigenvalue weighted by molar-refractivity contribution is 5.94. The number of carbonyl (C=O) groups excluding carboxylic acids is 1. The molecule has 0 aliphatic carbocycles. The molecule has 1 aliphatic rings. The molecule has 0 aromatic heterocycles. The Balaban J connectivity index is 1.47. The molecular weight excluding hydrogens is 378 g/mol. The van der Waals surface area contributed by atoms with Crippen LogP contribution in [0.15, 0.2) is 42.5 Å². The number of hydrogen-bond acceptors (Lipinski definition) is 4. The van der Waals surface area contributed by atoms with Gasteiger partial charge in [0.25, 0.3) is 5.91 Å². The molecule has 0 spiro atoms. The fourth-order valence-electron chi connectivity index (χ4n) is 3.33. The van der Waals surface area contributed by atoms with E-state index in [4.69, 9.17) is 9.47 Å². The third-order valence-corrected chi connectivity index (χ3v) is 5.00. The van der Waals surface area contributed by atoms with Gasteiger partial charge in [0.2, 0.25) is 0 Å². The molecule has 2 aromatic carbocycles. The van der Waals surface area contributed by atoms with Crippen LogP contribution in [0.2, 0.25) is 0 Å². The predicted molar refractivity (Wildman–Crippen MR) is 106 cm³/mol. The van der Waals surface area contributed by atoms with Crippen molar-refractivity contribution in [2.45, 2.75) is 25.4 Å². The van der Waals surface area contributed by atoms with E-state index in [2.05, 4.69) is 17.3 Å². The van der Waals surface area contributed by atoms with Crippen molar-refractivity contribution in [2.75, 3.05) is 33.4 Å². The predicted octanol–water partition coefficient (Wildman–Crippen LogP) is 3.38. The summed E-state index contributed by atoms with van der Waals surface area (Å²) in [6.07, 6.45) is 2.09. The normalized spacial score (nSPS) is 14.8. The van der Waals surface area contributed by atoms with Crippen LogP contribution in [-0.4, -0.2) is 50.3 Å². The van der Waals surface area contributed by atoms with Crippen molar-refractivity contribution in [3.05, 3.63) is 65.2 Å². The molecule has 1 fully saturated rings. The summed E-state index contributed by atoms with van der Waals surface area (Å²) in [7, 11) is 2.10. The van der Waals surface area contributed by atoms with E-state index in [1.807, 2.05) is 24.3 Å². The van der Waals surface area contributed by atoms with Crippen LogP contribution in [0.4, 0.5) is 8.78 Å². The molecule has 156 valence electrons. The number of amides is 1. The first kappa shape index (κ1) is 21.2. The zero-order chi connectivity index (χ0) is 20.6. The molecule has 1 amide bonds. The lowest BCUT2D eigenvalue weighted by molar-refractivity contribution is 0.0392. The largest absolute Gasteiger partial charge is 0.492 e. The van der Waals surface area contributed by atoms with Gasteiger partial charge >= 0.3 is 0 Å². The van der Waals surface area contributed by atoms with E-state index in [0.29, 0.717) is 18.4 Å². The van der Waals surface area contributed by atoms with Crippen molar-refractivity contribution in [2.24, 2.45) is 0 Å². The monoisotopic (exact) mass is 404 g/mol. The maximum atomic E-state index is 13.3. The first-order valence-corrected chi connectivity index (χ1v) is 9.75. The van der Waals surface area contributed by atoms with Crippen LogP contribution in [0, 0.1) is 11.6 Å². The van der Waals surface area contributed by atoms with Crippen LogP contribution in [-0.2, 0) is 11.3 Å². The molecule has 1 heterocycles. The maximum absolute atomic E-state index is 13.3. The minimum absolute atomic E-state index is 0.0499. The van der Waals surface area contributed by atoms with Gasteiger partial charge in [-0.25, -0.2) is 8.78 Å². The van der Waals surface area contributed by atoms with Gasteiger partial charge in [-0.2, -0.15) is 0 Å². The highest BCUT2D eigenvalue weighted by atomic mass is 19.1. The zero-order valence-corrected chi connectivity index (χ0v) is 16.5. The van der Waals surface area contributed by atoms with Crippen LogP contribution in [0.5, 0.6) is 5.75 Å². The lowest BCUT2D eigenvalue weighted by Gasteiger charge is -2.31. The highest BCUT2D eigenvalue weighted by Crippen LogP contribution is 2.15. The van der Waals surface area contributed by atoms with Crippen molar-refractivity contribution in [3.63, 3.8) is 0 Å². The molecule has 3 rings (SSSR count). The van der Waals surface area contributed by atoms with Crippen LogP contribution >= 0.6 is 0 Å². The summed E-state index contributed by atoms with van der Waals surface area (Å²) in [6, 6.07) is 10.7. The SMILES string of the molecule is CN(CCOc1cccc(CNC(=O)c2cc(F)cc(F)c2)c1)C1CCOCC1. The number of likely N-dealkylation sites (N-methyl/N-ethyl adjacent to an activating group) is 1. The van der Waals surface area contributed by atoms with E-state index in [-0.39, 0.29) is 12.1 Å². The van der Waals surface area contributed by atoms with Gasteiger partial charge in [0.15, 0.2) is 0 Å². The van der Waals surface area contributed by atoms with E-state index in [9.17, 15) is 13.6 Å². The van der Waals surface area contributed by atoms with Gasteiger partial charge < -0.3 is 14.8 Å². The number of nitrogens with one attached hydrogen (secondary N) is 1. The van der Waals surface area contributed by atoms with Gasteiger partial charge in [0, 0.05) is 44.0 Å². The van der Waals surface area contributed by atoms with Crippen LogP contribution < -0.4 is 10.1 Å². The second-order valence-corrected chi connectivity index (χ2v) is 7.16. The van der Waals surface area contributed by atoms with Gasteiger partial charge in [0.05, 0.1) is 0 Å².